The number of hydrogen-bond acceptors (Lipinski definition) is 1. The molecule has 0 saturated carbocycles. The van der Waals surface area contributed by atoms with E-state index in [1.807, 2.05) is 0 Å². The van der Waals surface area contributed by atoms with Crippen LogP contribution >= 0.6 is 0 Å². The molecule has 2 unspecified atom stereocenters. The third-order valence-electron chi connectivity index (χ3n) is 3.55. The highest BCUT2D eigenvalue weighted by molar-refractivity contribution is 5.76. The van der Waals surface area contributed by atoms with Crippen molar-refractivity contribution in [3.63, 3.8) is 0 Å². The standard InChI is InChI=1S/C11H16F4N2O/c1-7-3-10(12,13)5-16(7)9(18)17-6-11(14,15)4-8(17)2/h7-8H,3-6H2,1-2H3. The van der Waals surface area contributed by atoms with Crippen molar-refractivity contribution in [2.45, 2.75) is 50.6 Å². The van der Waals surface area contributed by atoms with Gasteiger partial charge < -0.3 is 9.80 Å². The van der Waals surface area contributed by atoms with Gasteiger partial charge in [0.05, 0.1) is 13.1 Å². The summed E-state index contributed by atoms with van der Waals surface area (Å²) in [5.74, 6) is -5.83. The Bertz CT molecular complexity index is 329. The molecule has 0 bridgehead atoms. The van der Waals surface area contributed by atoms with Crippen molar-refractivity contribution in [2.24, 2.45) is 0 Å². The van der Waals surface area contributed by atoms with Crippen LogP contribution in [0.3, 0.4) is 0 Å². The Morgan fingerprint density at radius 3 is 1.50 bits per heavy atom. The largest absolute Gasteiger partial charge is 0.320 e. The zero-order valence-corrected chi connectivity index (χ0v) is 10.3. The number of hydrogen-bond donors (Lipinski definition) is 0. The van der Waals surface area contributed by atoms with E-state index in [0.717, 1.165) is 9.80 Å². The van der Waals surface area contributed by atoms with E-state index in [-0.39, 0.29) is 0 Å². The number of amides is 2. The Morgan fingerprint density at radius 1 is 0.944 bits per heavy atom. The SMILES string of the molecule is CC1CC(F)(F)CN1C(=O)N1CC(F)(F)CC1C. The monoisotopic (exact) mass is 268 g/mol. The van der Waals surface area contributed by atoms with Crippen molar-refractivity contribution in [3.8, 4) is 0 Å². The number of carbonyl (C=O) groups is 1. The second-order valence-electron chi connectivity index (χ2n) is 5.36. The molecule has 3 nitrogen and oxygen atoms in total. The van der Waals surface area contributed by atoms with Crippen LogP contribution in [-0.4, -0.2) is 52.8 Å². The minimum atomic E-state index is -2.92. The number of likely N-dealkylation sites (tertiary alicyclic amines) is 2. The molecule has 2 atom stereocenters. The zero-order chi connectivity index (χ0) is 13.7. The van der Waals surface area contributed by atoms with Crippen LogP contribution in [0.1, 0.15) is 26.7 Å². The molecule has 2 rings (SSSR count). The molecule has 0 spiro atoms. The average molecular weight is 268 g/mol. The topological polar surface area (TPSA) is 23.6 Å². The van der Waals surface area contributed by atoms with Crippen molar-refractivity contribution in [1.82, 2.24) is 9.80 Å². The maximum Gasteiger partial charge on any atom is 0.320 e. The minimum absolute atomic E-state index is 0.405. The van der Waals surface area contributed by atoms with Gasteiger partial charge >= 0.3 is 6.03 Å². The molecular weight excluding hydrogens is 252 g/mol. The molecule has 0 aromatic rings. The van der Waals surface area contributed by atoms with Crippen LogP contribution in [0.25, 0.3) is 0 Å². The van der Waals surface area contributed by atoms with Crippen LogP contribution in [0, 0.1) is 0 Å². The Balaban J connectivity index is 2.09. The lowest BCUT2D eigenvalue weighted by molar-refractivity contribution is 0.00858. The van der Waals surface area contributed by atoms with E-state index in [1.165, 1.54) is 13.8 Å². The van der Waals surface area contributed by atoms with Crippen molar-refractivity contribution in [1.29, 1.82) is 0 Å². The molecule has 2 aliphatic rings. The van der Waals surface area contributed by atoms with Crippen molar-refractivity contribution >= 4 is 6.03 Å². The summed E-state index contributed by atoms with van der Waals surface area (Å²) < 4.78 is 52.7. The van der Waals surface area contributed by atoms with Gasteiger partial charge in [-0.25, -0.2) is 22.4 Å². The molecule has 2 aliphatic heterocycles. The van der Waals surface area contributed by atoms with Gasteiger partial charge in [-0.1, -0.05) is 0 Å². The first-order valence-electron chi connectivity index (χ1n) is 5.94. The van der Waals surface area contributed by atoms with E-state index >= 15 is 0 Å². The van der Waals surface area contributed by atoms with E-state index < -0.39 is 55.9 Å². The maximum absolute atomic E-state index is 13.2. The van der Waals surface area contributed by atoms with Crippen LogP contribution in [0.4, 0.5) is 22.4 Å². The van der Waals surface area contributed by atoms with Gasteiger partial charge in [0.25, 0.3) is 11.8 Å². The molecule has 0 N–H and O–H groups in total. The molecular formula is C11H16F4N2O. The summed E-state index contributed by atoms with van der Waals surface area (Å²) in [4.78, 5) is 14.0. The number of halogens is 4. The second kappa shape index (κ2) is 3.99. The molecule has 104 valence electrons. The molecule has 0 aliphatic carbocycles. The van der Waals surface area contributed by atoms with Crippen LogP contribution in [0.2, 0.25) is 0 Å². The lowest BCUT2D eigenvalue weighted by Gasteiger charge is -2.29. The van der Waals surface area contributed by atoms with Gasteiger partial charge in [0.2, 0.25) is 0 Å². The first-order chi connectivity index (χ1) is 8.11. The number of alkyl halides is 4. The Morgan fingerprint density at radius 2 is 1.28 bits per heavy atom. The molecule has 18 heavy (non-hydrogen) atoms. The molecule has 2 fully saturated rings. The molecule has 0 radical (unpaired) electrons. The number of rotatable bonds is 0. The predicted octanol–water partition coefficient (Wildman–Crippen LogP) is 2.57. The predicted molar refractivity (Wildman–Crippen MR) is 56.9 cm³/mol. The fraction of sp³-hybridized carbons (Fsp3) is 0.909. The first kappa shape index (κ1) is 13.4. The average Bonchev–Trinajstić information content (AvgIpc) is 2.61. The van der Waals surface area contributed by atoms with Crippen molar-refractivity contribution < 1.29 is 22.4 Å². The fourth-order valence-corrected chi connectivity index (χ4v) is 2.70. The van der Waals surface area contributed by atoms with Crippen LogP contribution in [-0.2, 0) is 0 Å². The Kier molecular flexibility index (Phi) is 2.98. The number of urea groups is 1. The quantitative estimate of drug-likeness (QED) is 0.619. The van der Waals surface area contributed by atoms with Crippen LogP contribution in [0.15, 0.2) is 0 Å². The number of nitrogens with zero attached hydrogens (tertiary/aromatic N) is 2. The number of carbonyl (C=O) groups excluding carboxylic acids is 1. The summed E-state index contributed by atoms with van der Waals surface area (Å²) >= 11 is 0. The summed E-state index contributed by atoms with van der Waals surface area (Å²) in [6.45, 7) is 1.67. The van der Waals surface area contributed by atoms with Gasteiger partial charge in [-0.15, -0.1) is 0 Å². The van der Waals surface area contributed by atoms with Crippen molar-refractivity contribution in [2.75, 3.05) is 13.1 Å². The lowest BCUT2D eigenvalue weighted by atomic mass is 10.2. The molecule has 2 amide bonds. The Labute approximate surface area is 103 Å². The molecule has 0 aromatic carbocycles. The van der Waals surface area contributed by atoms with E-state index in [0.29, 0.717) is 0 Å². The molecule has 0 aromatic heterocycles. The highest BCUT2D eigenvalue weighted by Crippen LogP contribution is 2.36. The van der Waals surface area contributed by atoms with Crippen LogP contribution < -0.4 is 0 Å². The highest BCUT2D eigenvalue weighted by Gasteiger charge is 2.50. The second-order valence-corrected chi connectivity index (χ2v) is 5.36. The summed E-state index contributed by atoms with van der Waals surface area (Å²) in [5.41, 5.74) is 0. The van der Waals surface area contributed by atoms with E-state index in [9.17, 15) is 22.4 Å². The van der Waals surface area contributed by atoms with Gasteiger partial charge in [-0.3, -0.25) is 0 Å². The highest BCUT2D eigenvalue weighted by atomic mass is 19.3. The fourth-order valence-electron chi connectivity index (χ4n) is 2.70. The maximum atomic E-state index is 13.2. The van der Waals surface area contributed by atoms with Gasteiger partial charge in [-0.2, -0.15) is 0 Å². The van der Waals surface area contributed by atoms with Gasteiger partial charge in [0, 0.05) is 24.9 Å². The smallest absolute Gasteiger partial charge is 0.316 e. The van der Waals surface area contributed by atoms with Gasteiger partial charge in [0.15, 0.2) is 0 Å². The molecule has 2 heterocycles. The zero-order valence-electron chi connectivity index (χ0n) is 10.3. The summed E-state index contributed by atoms with van der Waals surface area (Å²) in [6.07, 6.45) is -0.811. The van der Waals surface area contributed by atoms with E-state index in [1.54, 1.807) is 0 Å². The van der Waals surface area contributed by atoms with Crippen molar-refractivity contribution in [3.05, 3.63) is 0 Å². The third-order valence-corrected chi connectivity index (χ3v) is 3.55. The molecule has 7 heteroatoms. The summed E-state index contributed by atoms with van der Waals surface area (Å²) in [5, 5.41) is 0. The first-order valence-corrected chi connectivity index (χ1v) is 5.94. The molecule has 2 saturated heterocycles. The minimum Gasteiger partial charge on any atom is -0.316 e. The van der Waals surface area contributed by atoms with E-state index in [2.05, 4.69) is 0 Å². The van der Waals surface area contributed by atoms with Gasteiger partial charge in [-0.05, 0) is 13.8 Å². The summed E-state index contributed by atoms with van der Waals surface area (Å²) in [6, 6.07) is -1.94. The van der Waals surface area contributed by atoms with Gasteiger partial charge in [0.1, 0.15) is 0 Å². The summed E-state index contributed by atoms with van der Waals surface area (Å²) in [7, 11) is 0. The Hall–Kier alpha value is -1.01. The lowest BCUT2D eigenvalue weighted by Crippen LogP contribution is -2.47. The normalized spacial score (nSPS) is 34.1. The van der Waals surface area contributed by atoms with Crippen LogP contribution in [0.5, 0.6) is 0 Å². The van der Waals surface area contributed by atoms with E-state index in [4.69, 9.17) is 0 Å². The third kappa shape index (κ3) is 2.40.